The molecule has 0 spiro atoms. The molecule has 2 aromatic carbocycles. The highest BCUT2D eigenvalue weighted by Crippen LogP contribution is 2.34. The molecule has 0 amide bonds. The first-order valence-electron chi connectivity index (χ1n) is 12.1. The lowest BCUT2D eigenvalue weighted by Gasteiger charge is -2.32. The molecule has 2 aliphatic rings. The average molecular weight is 416 g/mol. The van der Waals surface area contributed by atoms with Gasteiger partial charge in [-0.2, -0.15) is 0 Å². The van der Waals surface area contributed by atoms with E-state index in [9.17, 15) is 0 Å². The molecule has 0 N–H and O–H groups in total. The molecule has 2 heterocycles. The standard InChI is InChI=1S/C28H37N3/c1-23(2)21-26(25-14-6-8-16-28(25)31-19-11-4-12-20-31)29-22-24-13-5-7-15-27(24)30-17-9-3-10-18-30/h5-8,13-16,22,26H,1,3-4,9-12,17-21H2,2H3. The van der Waals surface area contributed by atoms with Crippen molar-refractivity contribution in [2.45, 2.75) is 57.9 Å². The van der Waals surface area contributed by atoms with Crippen LogP contribution in [-0.4, -0.2) is 32.4 Å². The van der Waals surface area contributed by atoms with E-state index in [0.29, 0.717) is 0 Å². The van der Waals surface area contributed by atoms with E-state index >= 15 is 0 Å². The number of piperidine rings is 2. The van der Waals surface area contributed by atoms with Crippen molar-refractivity contribution in [3.8, 4) is 0 Å². The molecule has 3 nitrogen and oxygen atoms in total. The minimum Gasteiger partial charge on any atom is -0.371 e. The zero-order chi connectivity index (χ0) is 21.5. The molecule has 0 aromatic heterocycles. The van der Waals surface area contributed by atoms with Gasteiger partial charge in [-0.1, -0.05) is 42.0 Å². The van der Waals surface area contributed by atoms with Gasteiger partial charge in [0.25, 0.3) is 0 Å². The fraction of sp³-hybridized carbons (Fsp3) is 0.464. The molecule has 4 rings (SSSR count). The van der Waals surface area contributed by atoms with E-state index < -0.39 is 0 Å². The summed E-state index contributed by atoms with van der Waals surface area (Å²) in [6.07, 6.45) is 10.8. The predicted octanol–water partition coefficient (Wildman–Crippen LogP) is 6.79. The molecule has 2 aromatic rings. The molecule has 0 aliphatic carbocycles. The van der Waals surface area contributed by atoms with E-state index in [4.69, 9.17) is 4.99 Å². The first kappa shape index (κ1) is 21.7. The van der Waals surface area contributed by atoms with Crippen molar-refractivity contribution >= 4 is 17.6 Å². The lowest BCUT2D eigenvalue weighted by Crippen LogP contribution is -2.30. The zero-order valence-corrected chi connectivity index (χ0v) is 19.1. The normalized spacial score (nSPS) is 18.4. The van der Waals surface area contributed by atoms with E-state index in [-0.39, 0.29) is 6.04 Å². The van der Waals surface area contributed by atoms with Gasteiger partial charge in [-0.05, 0) is 64.0 Å². The van der Waals surface area contributed by atoms with Gasteiger partial charge in [0.2, 0.25) is 0 Å². The highest BCUT2D eigenvalue weighted by molar-refractivity contribution is 5.88. The van der Waals surface area contributed by atoms with E-state index in [2.05, 4.69) is 78.0 Å². The summed E-state index contributed by atoms with van der Waals surface area (Å²) in [5.41, 5.74) is 6.42. The number of para-hydroxylation sites is 2. The third-order valence-corrected chi connectivity index (χ3v) is 6.56. The van der Waals surface area contributed by atoms with E-state index in [1.165, 1.54) is 66.6 Å². The summed E-state index contributed by atoms with van der Waals surface area (Å²) in [5, 5.41) is 0. The molecule has 3 heteroatoms. The number of anilines is 2. The second-order valence-electron chi connectivity index (χ2n) is 9.17. The van der Waals surface area contributed by atoms with Crippen molar-refractivity contribution in [1.29, 1.82) is 0 Å². The molecule has 0 radical (unpaired) electrons. The van der Waals surface area contributed by atoms with Gasteiger partial charge < -0.3 is 9.80 Å². The summed E-state index contributed by atoms with van der Waals surface area (Å²) in [7, 11) is 0. The largest absolute Gasteiger partial charge is 0.371 e. The van der Waals surface area contributed by atoms with Crippen molar-refractivity contribution in [3.05, 3.63) is 71.8 Å². The minimum atomic E-state index is 0.102. The molecule has 164 valence electrons. The smallest absolute Gasteiger partial charge is 0.0806 e. The molecule has 2 fully saturated rings. The molecule has 1 atom stereocenters. The summed E-state index contributed by atoms with van der Waals surface area (Å²) in [5.74, 6) is 0. The number of benzene rings is 2. The van der Waals surface area contributed by atoms with Crippen molar-refractivity contribution in [3.63, 3.8) is 0 Å². The highest BCUT2D eigenvalue weighted by Gasteiger charge is 2.20. The second-order valence-corrected chi connectivity index (χ2v) is 9.17. The molecular weight excluding hydrogens is 378 g/mol. The second kappa shape index (κ2) is 10.7. The van der Waals surface area contributed by atoms with Crippen molar-refractivity contribution in [2.24, 2.45) is 4.99 Å². The monoisotopic (exact) mass is 415 g/mol. The minimum absolute atomic E-state index is 0.102. The molecule has 0 bridgehead atoms. The first-order chi connectivity index (χ1) is 15.2. The maximum absolute atomic E-state index is 5.18. The van der Waals surface area contributed by atoms with Gasteiger partial charge in [0.1, 0.15) is 0 Å². The number of hydrogen-bond donors (Lipinski definition) is 0. The van der Waals surface area contributed by atoms with Crippen LogP contribution in [0.5, 0.6) is 0 Å². The van der Waals surface area contributed by atoms with Gasteiger partial charge in [-0.15, -0.1) is 6.58 Å². The van der Waals surface area contributed by atoms with Gasteiger partial charge in [-0.25, -0.2) is 0 Å². The predicted molar refractivity (Wildman–Crippen MR) is 135 cm³/mol. The Labute approximate surface area is 188 Å². The van der Waals surface area contributed by atoms with E-state index in [0.717, 1.165) is 32.6 Å². The Bertz CT molecular complexity index is 889. The Balaban J connectivity index is 1.63. The van der Waals surface area contributed by atoms with Crippen LogP contribution in [0, 0.1) is 0 Å². The third-order valence-electron chi connectivity index (χ3n) is 6.56. The van der Waals surface area contributed by atoms with Crippen LogP contribution in [0.1, 0.15) is 69.0 Å². The summed E-state index contributed by atoms with van der Waals surface area (Å²) < 4.78 is 0. The Morgan fingerprint density at radius 1 is 0.839 bits per heavy atom. The number of hydrogen-bond acceptors (Lipinski definition) is 3. The number of aliphatic imine (C=N–C) groups is 1. The van der Waals surface area contributed by atoms with Crippen molar-refractivity contribution in [1.82, 2.24) is 0 Å². The van der Waals surface area contributed by atoms with Crippen LogP contribution in [0.2, 0.25) is 0 Å². The average Bonchev–Trinajstić information content (AvgIpc) is 2.83. The molecule has 0 saturated carbocycles. The number of rotatable bonds is 7. The summed E-state index contributed by atoms with van der Waals surface area (Å²) >= 11 is 0. The summed E-state index contributed by atoms with van der Waals surface area (Å²) in [4.78, 5) is 10.3. The van der Waals surface area contributed by atoms with Gasteiger partial charge in [0.15, 0.2) is 0 Å². The fourth-order valence-electron chi connectivity index (χ4n) is 4.95. The van der Waals surface area contributed by atoms with Crippen LogP contribution in [-0.2, 0) is 0 Å². The Hall–Kier alpha value is -2.55. The summed E-state index contributed by atoms with van der Waals surface area (Å²) in [6, 6.07) is 17.7. The fourth-order valence-corrected chi connectivity index (χ4v) is 4.95. The Morgan fingerprint density at radius 3 is 2.03 bits per heavy atom. The zero-order valence-electron chi connectivity index (χ0n) is 19.1. The van der Waals surface area contributed by atoms with Crippen molar-refractivity contribution in [2.75, 3.05) is 36.0 Å². The van der Waals surface area contributed by atoms with Gasteiger partial charge in [0.05, 0.1) is 6.04 Å². The lowest BCUT2D eigenvalue weighted by atomic mass is 9.97. The Kier molecular flexibility index (Phi) is 7.45. The third kappa shape index (κ3) is 5.58. The lowest BCUT2D eigenvalue weighted by molar-refractivity contribution is 0.573. The maximum atomic E-state index is 5.18. The molecule has 1 unspecified atom stereocenters. The van der Waals surface area contributed by atoms with Crippen LogP contribution >= 0.6 is 0 Å². The quantitative estimate of drug-likeness (QED) is 0.366. The first-order valence-corrected chi connectivity index (χ1v) is 12.1. The highest BCUT2D eigenvalue weighted by atomic mass is 15.1. The number of nitrogens with zero attached hydrogens (tertiary/aromatic N) is 3. The van der Waals surface area contributed by atoms with Crippen LogP contribution < -0.4 is 9.80 Å². The Morgan fingerprint density at radius 2 is 1.39 bits per heavy atom. The topological polar surface area (TPSA) is 18.8 Å². The van der Waals surface area contributed by atoms with Gasteiger partial charge >= 0.3 is 0 Å². The van der Waals surface area contributed by atoms with Gasteiger partial charge in [0, 0.05) is 54.9 Å². The van der Waals surface area contributed by atoms with Crippen LogP contribution in [0.25, 0.3) is 0 Å². The molecule has 31 heavy (non-hydrogen) atoms. The summed E-state index contributed by atoms with van der Waals surface area (Å²) in [6.45, 7) is 10.9. The van der Waals surface area contributed by atoms with E-state index in [1.54, 1.807) is 0 Å². The van der Waals surface area contributed by atoms with Crippen LogP contribution in [0.4, 0.5) is 11.4 Å². The maximum Gasteiger partial charge on any atom is 0.0806 e. The van der Waals surface area contributed by atoms with Crippen molar-refractivity contribution < 1.29 is 0 Å². The van der Waals surface area contributed by atoms with Gasteiger partial charge in [-0.3, -0.25) is 4.99 Å². The molecular formula is C28H37N3. The van der Waals surface area contributed by atoms with E-state index in [1.807, 2.05) is 0 Å². The SMILES string of the molecule is C=C(C)CC(N=Cc1ccccc1N1CCCCC1)c1ccccc1N1CCCCC1. The molecule has 2 saturated heterocycles. The van der Waals surface area contributed by atoms with Crippen LogP contribution in [0.3, 0.4) is 0 Å². The van der Waals surface area contributed by atoms with Crippen LogP contribution in [0.15, 0.2) is 65.7 Å². The molecule has 2 aliphatic heterocycles.